The number of carbonyl (C=O) groups excluding carboxylic acids is 1. The molecule has 0 atom stereocenters. The van der Waals surface area contributed by atoms with Gasteiger partial charge in [0.15, 0.2) is 0 Å². The Labute approximate surface area is 161 Å². The molecule has 1 amide bonds. The Morgan fingerprint density at radius 1 is 1.14 bits per heavy atom. The van der Waals surface area contributed by atoms with Crippen LogP contribution in [0, 0.1) is 10.1 Å². The fourth-order valence-corrected chi connectivity index (χ4v) is 2.70. The van der Waals surface area contributed by atoms with Crippen LogP contribution in [0.3, 0.4) is 0 Å². The van der Waals surface area contributed by atoms with E-state index in [9.17, 15) is 14.9 Å². The van der Waals surface area contributed by atoms with Crippen LogP contribution in [0.1, 0.15) is 29.3 Å². The number of nitro groups is 1. The third-order valence-electron chi connectivity index (χ3n) is 4.09. The Morgan fingerprint density at radius 2 is 1.89 bits per heavy atom. The highest BCUT2D eigenvalue weighted by Crippen LogP contribution is 2.26. The van der Waals surface area contributed by atoms with E-state index < -0.39 is 10.8 Å². The van der Waals surface area contributed by atoms with Crippen LogP contribution in [0.4, 0.5) is 5.69 Å². The minimum absolute atomic E-state index is 0.0754. The Hall–Kier alpha value is -3.74. The van der Waals surface area contributed by atoms with Crippen molar-refractivity contribution in [2.45, 2.75) is 13.3 Å². The maximum absolute atomic E-state index is 12.2. The summed E-state index contributed by atoms with van der Waals surface area (Å²) >= 11 is 0. The monoisotopic (exact) mass is 377 g/mol. The van der Waals surface area contributed by atoms with Crippen LogP contribution in [-0.2, 0) is 0 Å². The van der Waals surface area contributed by atoms with Crippen molar-refractivity contribution < 1.29 is 14.5 Å². The lowest BCUT2D eigenvalue weighted by atomic mass is 10.0. The molecule has 0 saturated heterocycles. The van der Waals surface area contributed by atoms with Crippen molar-refractivity contribution in [1.29, 1.82) is 0 Å². The van der Waals surface area contributed by atoms with Gasteiger partial charge in [-0.1, -0.05) is 37.3 Å². The number of nitrogens with one attached hydrogen (secondary N) is 1. The Balaban J connectivity index is 1.81. The molecule has 0 fully saturated rings. The van der Waals surface area contributed by atoms with Crippen LogP contribution in [-0.4, -0.2) is 23.7 Å². The van der Waals surface area contributed by atoms with Crippen molar-refractivity contribution in [3.63, 3.8) is 0 Å². The summed E-state index contributed by atoms with van der Waals surface area (Å²) in [6.07, 6.45) is 2.43. The van der Waals surface area contributed by atoms with Gasteiger partial charge in [0, 0.05) is 23.3 Å². The van der Waals surface area contributed by atoms with E-state index in [0.717, 1.165) is 22.8 Å². The maximum atomic E-state index is 12.2. The zero-order valence-corrected chi connectivity index (χ0v) is 15.3. The van der Waals surface area contributed by atoms with E-state index in [0.29, 0.717) is 12.4 Å². The first-order chi connectivity index (χ1) is 13.6. The van der Waals surface area contributed by atoms with Gasteiger partial charge in [0.2, 0.25) is 0 Å². The average Bonchev–Trinajstić information content (AvgIpc) is 2.72. The third-order valence-corrected chi connectivity index (χ3v) is 4.09. The van der Waals surface area contributed by atoms with Crippen molar-refractivity contribution in [1.82, 2.24) is 5.43 Å². The lowest BCUT2D eigenvalue weighted by molar-refractivity contribution is -0.384. The molecule has 0 saturated carbocycles. The summed E-state index contributed by atoms with van der Waals surface area (Å²) in [6, 6.07) is 17.0. The van der Waals surface area contributed by atoms with Gasteiger partial charge in [-0.3, -0.25) is 14.9 Å². The second kappa shape index (κ2) is 8.77. The van der Waals surface area contributed by atoms with Gasteiger partial charge in [0.25, 0.3) is 11.6 Å². The summed E-state index contributed by atoms with van der Waals surface area (Å²) < 4.78 is 5.80. The number of benzene rings is 3. The highest BCUT2D eigenvalue weighted by Gasteiger charge is 2.10. The summed E-state index contributed by atoms with van der Waals surface area (Å²) in [4.78, 5) is 22.4. The van der Waals surface area contributed by atoms with Gasteiger partial charge >= 0.3 is 0 Å². The van der Waals surface area contributed by atoms with Crippen molar-refractivity contribution in [3.8, 4) is 5.75 Å². The van der Waals surface area contributed by atoms with E-state index in [1.165, 1.54) is 24.3 Å². The lowest BCUT2D eigenvalue weighted by Gasteiger charge is -2.11. The number of non-ortho nitro benzene ring substituents is 1. The molecule has 0 radical (unpaired) electrons. The smallest absolute Gasteiger partial charge is 0.271 e. The molecule has 0 aromatic heterocycles. The minimum Gasteiger partial charge on any atom is -0.493 e. The molecule has 3 aromatic carbocycles. The molecule has 3 aromatic rings. The van der Waals surface area contributed by atoms with Crippen molar-refractivity contribution in [3.05, 3.63) is 81.9 Å². The molecule has 3 rings (SSSR count). The molecular formula is C21H19N3O4. The number of nitro benzene ring substituents is 1. The number of hydrazone groups is 1. The fourth-order valence-electron chi connectivity index (χ4n) is 2.70. The van der Waals surface area contributed by atoms with E-state index >= 15 is 0 Å². The van der Waals surface area contributed by atoms with Gasteiger partial charge in [-0.2, -0.15) is 5.10 Å². The fraction of sp³-hybridized carbons (Fsp3) is 0.143. The Morgan fingerprint density at radius 3 is 2.61 bits per heavy atom. The van der Waals surface area contributed by atoms with E-state index in [4.69, 9.17) is 4.74 Å². The number of hydrogen-bond donors (Lipinski definition) is 1. The van der Waals surface area contributed by atoms with Crippen LogP contribution >= 0.6 is 0 Å². The first-order valence-electron chi connectivity index (χ1n) is 8.82. The van der Waals surface area contributed by atoms with Gasteiger partial charge in [-0.25, -0.2) is 5.43 Å². The van der Waals surface area contributed by atoms with Gasteiger partial charge in [0.05, 0.1) is 17.7 Å². The van der Waals surface area contributed by atoms with Crippen LogP contribution < -0.4 is 10.2 Å². The van der Waals surface area contributed by atoms with Crippen molar-refractivity contribution >= 4 is 28.6 Å². The molecule has 0 aliphatic rings. The minimum atomic E-state index is -0.516. The summed E-state index contributed by atoms with van der Waals surface area (Å²) in [5, 5.41) is 16.7. The quantitative estimate of drug-likeness (QED) is 0.377. The molecule has 7 heteroatoms. The number of amides is 1. The standard InChI is InChI=1S/C21H19N3O4/c1-2-13-28-20-12-9-15-5-3-4-6-18(15)19(20)14-22-23-21(25)16-7-10-17(11-8-16)24(26)27/h3-12,14H,2,13H2,1H3,(H,23,25)/b22-14+. The predicted molar refractivity (Wildman–Crippen MR) is 108 cm³/mol. The Kier molecular flexibility index (Phi) is 5.96. The first kappa shape index (κ1) is 19.0. The van der Waals surface area contributed by atoms with E-state index in [2.05, 4.69) is 10.5 Å². The number of ether oxygens (including phenoxy) is 1. The molecule has 0 unspecified atom stereocenters. The number of carbonyl (C=O) groups is 1. The zero-order chi connectivity index (χ0) is 19.9. The molecular weight excluding hydrogens is 358 g/mol. The number of rotatable bonds is 7. The molecule has 0 heterocycles. The summed E-state index contributed by atoms with van der Waals surface area (Å²) in [5.41, 5.74) is 3.43. The zero-order valence-electron chi connectivity index (χ0n) is 15.3. The van der Waals surface area contributed by atoms with Gasteiger partial charge in [-0.05, 0) is 35.4 Å². The highest BCUT2D eigenvalue weighted by atomic mass is 16.6. The first-order valence-corrected chi connectivity index (χ1v) is 8.82. The number of hydrogen-bond acceptors (Lipinski definition) is 5. The van der Waals surface area contributed by atoms with Crippen LogP contribution in [0.15, 0.2) is 65.8 Å². The molecule has 0 aliphatic carbocycles. The molecule has 0 bridgehead atoms. The second-order valence-corrected chi connectivity index (χ2v) is 6.05. The van der Waals surface area contributed by atoms with Crippen molar-refractivity contribution in [2.24, 2.45) is 5.10 Å². The highest BCUT2D eigenvalue weighted by molar-refractivity contribution is 6.03. The van der Waals surface area contributed by atoms with Crippen molar-refractivity contribution in [2.75, 3.05) is 6.61 Å². The molecule has 7 nitrogen and oxygen atoms in total. The molecule has 0 spiro atoms. The lowest BCUT2D eigenvalue weighted by Crippen LogP contribution is -2.17. The second-order valence-electron chi connectivity index (χ2n) is 6.05. The van der Waals surface area contributed by atoms with Gasteiger partial charge in [-0.15, -0.1) is 0 Å². The summed E-state index contributed by atoms with van der Waals surface area (Å²) in [5.74, 6) is 0.233. The molecule has 142 valence electrons. The van der Waals surface area contributed by atoms with Crippen LogP contribution in [0.2, 0.25) is 0 Å². The normalized spacial score (nSPS) is 10.9. The van der Waals surface area contributed by atoms with Crippen LogP contribution in [0.25, 0.3) is 10.8 Å². The number of fused-ring (bicyclic) bond motifs is 1. The largest absolute Gasteiger partial charge is 0.493 e. The summed E-state index contributed by atoms with van der Waals surface area (Å²) in [7, 11) is 0. The predicted octanol–water partition coefficient (Wildman–Crippen LogP) is 4.30. The van der Waals surface area contributed by atoms with E-state index in [-0.39, 0.29) is 11.3 Å². The maximum Gasteiger partial charge on any atom is 0.271 e. The van der Waals surface area contributed by atoms with Crippen LogP contribution in [0.5, 0.6) is 5.75 Å². The van der Waals surface area contributed by atoms with E-state index in [1.807, 2.05) is 43.3 Å². The van der Waals surface area contributed by atoms with Gasteiger partial charge < -0.3 is 4.74 Å². The van der Waals surface area contributed by atoms with Gasteiger partial charge in [0.1, 0.15) is 5.75 Å². The average molecular weight is 377 g/mol. The topological polar surface area (TPSA) is 93.8 Å². The SMILES string of the molecule is CCCOc1ccc2ccccc2c1/C=N/NC(=O)c1ccc([N+](=O)[O-])cc1. The van der Waals surface area contributed by atoms with E-state index in [1.54, 1.807) is 6.21 Å². The molecule has 1 N–H and O–H groups in total. The molecule has 28 heavy (non-hydrogen) atoms. The number of nitrogens with zero attached hydrogens (tertiary/aromatic N) is 2. The Bertz CT molecular complexity index is 1030. The molecule has 0 aliphatic heterocycles. The summed E-state index contributed by atoms with van der Waals surface area (Å²) in [6.45, 7) is 2.60. The third kappa shape index (κ3) is 4.32.